The molecule has 1 aliphatic rings. The standard InChI is InChI=1S/C22H22F3N5O3/c1-29-18(12-17(28-29)14-5-3-6-15(11-14)32-2)20(31)30-10-4-7-16(13-30)33-21-26-9-8-19(27-21)22(23,24)25/h3,5-6,8-9,11-12,16H,4,7,10,13H2,1-2H3. The smallest absolute Gasteiger partial charge is 0.433 e. The molecule has 1 unspecified atom stereocenters. The normalized spacial score (nSPS) is 16.5. The Morgan fingerprint density at radius 3 is 2.79 bits per heavy atom. The third-order valence-electron chi connectivity index (χ3n) is 5.33. The molecule has 0 bridgehead atoms. The second kappa shape index (κ2) is 9.08. The quantitative estimate of drug-likeness (QED) is 0.578. The van der Waals surface area contributed by atoms with Crippen LogP contribution in [0.4, 0.5) is 13.2 Å². The fourth-order valence-corrected chi connectivity index (χ4v) is 3.68. The van der Waals surface area contributed by atoms with Crippen LogP contribution in [-0.2, 0) is 13.2 Å². The van der Waals surface area contributed by atoms with Crippen LogP contribution in [0, 0.1) is 0 Å². The number of halogens is 3. The van der Waals surface area contributed by atoms with Crippen molar-refractivity contribution in [3.63, 3.8) is 0 Å². The summed E-state index contributed by atoms with van der Waals surface area (Å²) in [4.78, 5) is 22.0. The van der Waals surface area contributed by atoms with Gasteiger partial charge in [0.2, 0.25) is 0 Å². The Morgan fingerprint density at radius 1 is 1.21 bits per heavy atom. The van der Waals surface area contributed by atoms with E-state index in [0.717, 1.165) is 17.8 Å². The zero-order valence-corrected chi connectivity index (χ0v) is 18.0. The number of nitrogens with zero attached hydrogens (tertiary/aromatic N) is 5. The van der Waals surface area contributed by atoms with Crippen molar-refractivity contribution in [2.45, 2.75) is 25.1 Å². The molecule has 0 aliphatic carbocycles. The number of aromatic nitrogens is 4. The van der Waals surface area contributed by atoms with E-state index >= 15 is 0 Å². The van der Waals surface area contributed by atoms with Gasteiger partial charge in [0, 0.05) is 25.4 Å². The van der Waals surface area contributed by atoms with E-state index in [1.165, 1.54) is 4.68 Å². The van der Waals surface area contributed by atoms with Crippen molar-refractivity contribution in [2.75, 3.05) is 20.2 Å². The van der Waals surface area contributed by atoms with Gasteiger partial charge in [-0.3, -0.25) is 9.48 Å². The van der Waals surface area contributed by atoms with Crippen molar-refractivity contribution in [3.05, 3.63) is 54.0 Å². The van der Waals surface area contributed by atoms with Gasteiger partial charge in [-0.05, 0) is 37.1 Å². The van der Waals surface area contributed by atoms with Gasteiger partial charge in [0.1, 0.15) is 17.5 Å². The summed E-state index contributed by atoms with van der Waals surface area (Å²) in [5.74, 6) is 0.441. The van der Waals surface area contributed by atoms with E-state index in [9.17, 15) is 18.0 Å². The Balaban J connectivity index is 1.48. The summed E-state index contributed by atoms with van der Waals surface area (Å²) < 4.78 is 51.0. The molecule has 1 amide bonds. The minimum atomic E-state index is -4.59. The highest BCUT2D eigenvalue weighted by molar-refractivity contribution is 5.93. The fourth-order valence-electron chi connectivity index (χ4n) is 3.68. The molecule has 1 fully saturated rings. The molecule has 0 N–H and O–H groups in total. The first kappa shape index (κ1) is 22.6. The average Bonchev–Trinajstić information content (AvgIpc) is 3.20. The highest BCUT2D eigenvalue weighted by Crippen LogP contribution is 2.29. The predicted molar refractivity (Wildman–Crippen MR) is 112 cm³/mol. The number of likely N-dealkylation sites (tertiary alicyclic amines) is 1. The van der Waals surface area contributed by atoms with Crippen LogP contribution in [-0.4, -0.2) is 56.9 Å². The van der Waals surface area contributed by atoms with Gasteiger partial charge < -0.3 is 14.4 Å². The summed E-state index contributed by atoms with van der Waals surface area (Å²) in [6, 6.07) is 9.50. The number of ether oxygens (including phenoxy) is 2. The second-order valence-electron chi connectivity index (χ2n) is 7.63. The molecule has 1 atom stereocenters. The Kier molecular flexibility index (Phi) is 6.21. The van der Waals surface area contributed by atoms with Crippen LogP contribution in [0.5, 0.6) is 11.8 Å². The molecule has 0 spiro atoms. The van der Waals surface area contributed by atoms with Crippen molar-refractivity contribution >= 4 is 5.91 Å². The van der Waals surface area contributed by atoms with Crippen molar-refractivity contribution < 1.29 is 27.4 Å². The lowest BCUT2D eigenvalue weighted by molar-refractivity contribution is -0.141. The zero-order valence-electron chi connectivity index (χ0n) is 18.0. The topological polar surface area (TPSA) is 82.4 Å². The fraction of sp³-hybridized carbons (Fsp3) is 0.364. The van der Waals surface area contributed by atoms with Crippen LogP contribution in [0.2, 0.25) is 0 Å². The van der Waals surface area contributed by atoms with Crippen LogP contribution >= 0.6 is 0 Å². The van der Waals surface area contributed by atoms with Crippen molar-refractivity contribution in [1.29, 1.82) is 0 Å². The first-order chi connectivity index (χ1) is 15.7. The average molecular weight is 461 g/mol. The van der Waals surface area contributed by atoms with E-state index in [-0.39, 0.29) is 18.5 Å². The number of amides is 1. The molecule has 1 saturated heterocycles. The predicted octanol–water partition coefficient (Wildman–Crippen LogP) is 3.59. The van der Waals surface area contributed by atoms with Gasteiger partial charge in [-0.15, -0.1) is 0 Å². The number of carbonyl (C=O) groups is 1. The number of benzene rings is 1. The lowest BCUT2D eigenvalue weighted by Gasteiger charge is -2.32. The number of alkyl halides is 3. The van der Waals surface area contributed by atoms with E-state index in [4.69, 9.17) is 9.47 Å². The van der Waals surface area contributed by atoms with Gasteiger partial charge in [-0.25, -0.2) is 4.98 Å². The van der Waals surface area contributed by atoms with Gasteiger partial charge >= 0.3 is 12.2 Å². The van der Waals surface area contributed by atoms with E-state index < -0.39 is 18.0 Å². The molecule has 0 saturated carbocycles. The lowest BCUT2D eigenvalue weighted by atomic mass is 10.1. The van der Waals surface area contributed by atoms with Crippen LogP contribution in [0.1, 0.15) is 29.0 Å². The summed E-state index contributed by atoms with van der Waals surface area (Å²) in [7, 11) is 3.26. The number of hydrogen-bond acceptors (Lipinski definition) is 6. The third-order valence-corrected chi connectivity index (χ3v) is 5.33. The van der Waals surface area contributed by atoms with Gasteiger partial charge in [0.05, 0.1) is 19.3 Å². The monoisotopic (exact) mass is 461 g/mol. The number of hydrogen-bond donors (Lipinski definition) is 0. The van der Waals surface area contributed by atoms with Gasteiger partial charge in [-0.2, -0.15) is 23.3 Å². The summed E-state index contributed by atoms with van der Waals surface area (Å²) in [5, 5.41) is 4.45. The number of carbonyl (C=O) groups excluding carboxylic acids is 1. The molecule has 3 heterocycles. The number of methoxy groups -OCH3 is 1. The Hall–Kier alpha value is -3.63. The summed E-state index contributed by atoms with van der Waals surface area (Å²) in [6.45, 7) is 0.708. The molecule has 8 nitrogen and oxygen atoms in total. The van der Waals surface area contributed by atoms with Crippen molar-refractivity contribution in [2.24, 2.45) is 7.05 Å². The lowest BCUT2D eigenvalue weighted by Crippen LogP contribution is -2.45. The Labute approximate surface area is 188 Å². The van der Waals surface area contributed by atoms with E-state index in [1.807, 2.05) is 24.3 Å². The Bertz CT molecular complexity index is 1150. The second-order valence-corrected chi connectivity index (χ2v) is 7.63. The van der Waals surface area contributed by atoms with Gasteiger partial charge in [0.15, 0.2) is 5.69 Å². The molecule has 1 aliphatic heterocycles. The molecule has 11 heteroatoms. The van der Waals surface area contributed by atoms with Crippen LogP contribution in [0.15, 0.2) is 42.6 Å². The van der Waals surface area contributed by atoms with Gasteiger partial charge in [-0.1, -0.05) is 12.1 Å². The summed E-state index contributed by atoms with van der Waals surface area (Å²) in [5.41, 5.74) is 0.757. The molecule has 1 aromatic carbocycles. The number of aryl methyl sites for hydroxylation is 1. The molecular weight excluding hydrogens is 439 g/mol. The molecule has 3 aromatic rings. The van der Waals surface area contributed by atoms with E-state index in [1.54, 1.807) is 25.1 Å². The summed E-state index contributed by atoms with van der Waals surface area (Å²) >= 11 is 0. The maximum absolute atomic E-state index is 13.2. The van der Waals surface area contributed by atoms with Crippen LogP contribution < -0.4 is 9.47 Å². The summed E-state index contributed by atoms with van der Waals surface area (Å²) in [6.07, 6.45) is -2.89. The third kappa shape index (κ3) is 5.07. The first-order valence-corrected chi connectivity index (χ1v) is 10.3. The number of rotatable bonds is 5. The minimum absolute atomic E-state index is 0.206. The van der Waals surface area contributed by atoms with Crippen LogP contribution in [0.3, 0.4) is 0 Å². The van der Waals surface area contributed by atoms with Crippen LogP contribution in [0.25, 0.3) is 11.3 Å². The molecular formula is C22H22F3N5O3. The van der Waals surface area contributed by atoms with Gasteiger partial charge in [0.25, 0.3) is 5.91 Å². The first-order valence-electron chi connectivity index (χ1n) is 10.3. The molecule has 174 valence electrons. The Morgan fingerprint density at radius 2 is 2.03 bits per heavy atom. The zero-order chi connectivity index (χ0) is 23.6. The van der Waals surface area contributed by atoms with E-state index in [2.05, 4.69) is 15.1 Å². The van der Waals surface area contributed by atoms with Crippen molar-refractivity contribution in [1.82, 2.24) is 24.6 Å². The van der Waals surface area contributed by atoms with E-state index in [0.29, 0.717) is 36.5 Å². The molecule has 33 heavy (non-hydrogen) atoms. The SMILES string of the molecule is COc1cccc(-c2cc(C(=O)N3CCCC(Oc4nccc(C(F)(F)F)n4)C3)n(C)n2)c1. The molecule has 4 rings (SSSR count). The largest absolute Gasteiger partial charge is 0.497 e. The highest BCUT2D eigenvalue weighted by Gasteiger charge is 2.34. The minimum Gasteiger partial charge on any atom is -0.497 e. The maximum atomic E-state index is 13.2. The maximum Gasteiger partial charge on any atom is 0.433 e. The number of piperidine rings is 1. The van der Waals surface area contributed by atoms with Crippen molar-refractivity contribution in [3.8, 4) is 23.0 Å². The highest BCUT2D eigenvalue weighted by atomic mass is 19.4. The molecule has 0 radical (unpaired) electrons. The molecule has 2 aromatic heterocycles.